The molecule has 0 aromatic heterocycles. The molecule has 0 aliphatic carbocycles. The van der Waals surface area contributed by atoms with Crippen LogP contribution in [0.15, 0.2) is 0 Å². The summed E-state index contributed by atoms with van der Waals surface area (Å²) < 4.78 is 10.8. The molecular weight excluding hydrogens is 202 g/mol. The molecule has 0 aromatic rings. The first-order valence-corrected chi connectivity index (χ1v) is 6.75. The Hall–Kier alpha value is -0.120. The van der Waals surface area contributed by atoms with E-state index >= 15 is 0 Å². The largest absolute Gasteiger partial charge is 0.381 e. The average Bonchev–Trinajstić information content (AvgIpc) is 2.38. The molecule has 1 atom stereocenters. The molecule has 94 valence electrons. The minimum atomic E-state index is 0.645. The summed E-state index contributed by atoms with van der Waals surface area (Å²) in [7, 11) is 0. The molecule has 2 rings (SSSR count). The van der Waals surface area contributed by atoms with Gasteiger partial charge in [-0.1, -0.05) is 0 Å². The van der Waals surface area contributed by atoms with Gasteiger partial charge >= 0.3 is 0 Å². The molecule has 2 fully saturated rings. The summed E-state index contributed by atoms with van der Waals surface area (Å²) in [6.45, 7) is 7.31. The third-order valence-corrected chi connectivity index (χ3v) is 4.04. The monoisotopic (exact) mass is 227 g/mol. The van der Waals surface area contributed by atoms with Crippen LogP contribution in [0, 0.1) is 11.8 Å². The van der Waals surface area contributed by atoms with Crippen LogP contribution in [0.5, 0.6) is 0 Å². The van der Waals surface area contributed by atoms with E-state index in [2.05, 4.69) is 12.2 Å². The number of nitrogens with one attached hydrogen (secondary N) is 1. The fourth-order valence-electron chi connectivity index (χ4n) is 2.69. The summed E-state index contributed by atoms with van der Waals surface area (Å²) >= 11 is 0. The number of rotatable bonds is 4. The van der Waals surface area contributed by atoms with Gasteiger partial charge in [0, 0.05) is 32.5 Å². The first-order chi connectivity index (χ1) is 7.86. The fourth-order valence-corrected chi connectivity index (χ4v) is 2.69. The van der Waals surface area contributed by atoms with E-state index in [9.17, 15) is 0 Å². The predicted molar refractivity (Wildman–Crippen MR) is 64.6 cm³/mol. The van der Waals surface area contributed by atoms with E-state index in [1.54, 1.807) is 0 Å². The summed E-state index contributed by atoms with van der Waals surface area (Å²) in [5.41, 5.74) is 0. The third kappa shape index (κ3) is 3.72. The van der Waals surface area contributed by atoms with Gasteiger partial charge in [0.15, 0.2) is 0 Å². The quantitative estimate of drug-likeness (QED) is 0.794. The normalized spacial score (nSPS) is 26.8. The maximum Gasteiger partial charge on any atom is 0.0469 e. The van der Waals surface area contributed by atoms with Crippen molar-refractivity contribution in [1.82, 2.24) is 5.32 Å². The van der Waals surface area contributed by atoms with Gasteiger partial charge in [0.05, 0.1) is 0 Å². The summed E-state index contributed by atoms with van der Waals surface area (Å²) in [6.07, 6.45) is 4.91. The molecule has 0 amide bonds. The van der Waals surface area contributed by atoms with Crippen LogP contribution in [0.1, 0.15) is 32.6 Å². The predicted octanol–water partition coefficient (Wildman–Crippen LogP) is 1.82. The van der Waals surface area contributed by atoms with Gasteiger partial charge in [0.1, 0.15) is 0 Å². The highest BCUT2D eigenvalue weighted by Gasteiger charge is 2.21. The van der Waals surface area contributed by atoms with Gasteiger partial charge in [-0.2, -0.15) is 0 Å². The summed E-state index contributed by atoms with van der Waals surface area (Å²) in [4.78, 5) is 0. The summed E-state index contributed by atoms with van der Waals surface area (Å²) in [5.74, 6) is 1.64. The number of ether oxygens (including phenoxy) is 2. The van der Waals surface area contributed by atoms with E-state index in [-0.39, 0.29) is 0 Å². The Bertz CT molecular complexity index is 186. The molecule has 16 heavy (non-hydrogen) atoms. The number of hydrogen-bond donors (Lipinski definition) is 1. The Morgan fingerprint density at radius 1 is 1.00 bits per heavy atom. The summed E-state index contributed by atoms with van der Waals surface area (Å²) in [6, 6.07) is 0.645. The number of hydrogen-bond acceptors (Lipinski definition) is 3. The SMILES string of the molecule is CC(NCC1CCOCC1)C1CCOCC1. The van der Waals surface area contributed by atoms with Crippen LogP contribution in [-0.4, -0.2) is 39.0 Å². The Morgan fingerprint density at radius 3 is 2.19 bits per heavy atom. The lowest BCUT2D eigenvalue weighted by molar-refractivity contribution is 0.0495. The minimum Gasteiger partial charge on any atom is -0.381 e. The zero-order chi connectivity index (χ0) is 11.2. The van der Waals surface area contributed by atoms with Gasteiger partial charge in [0.25, 0.3) is 0 Å². The molecule has 2 aliphatic heterocycles. The first-order valence-electron chi connectivity index (χ1n) is 6.75. The highest BCUT2D eigenvalue weighted by atomic mass is 16.5. The average molecular weight is 227 g/mol. The topological polar surface area (TPSA) is 30.5 Å². The van der Waals surface area contributed by atoms with Crippen LogP contribution in [-0.2, 0) is 9.47 Å². The van der Waals surface area contributed by atoms with Gasteiger partial charge in [-0.25, -0.2) is 0 Å². The van der Waals surface area contributed by atoms with Crippen molar-refractivity contribution in [2.45, 2.75) is 38.6 Å². The standard InChI is InChI=1S/C13H25NO2/c1-11(13-4-8-16-9-5-13)14-10-12-2-6-15-7-3-12/h11-14H,2-10H2,1H3. The Labute approximate surface area is 98.9 Å². The zero-order valence-electron chi connectivity index (χ0n) is 10.4. The smallest absolute Gasteiger partial charge is 0.0469 e. The lowest BCUT2D eigenvalue weighted by atomic mass is 9.92. The van der Waals surface area contributed by atoms with E-state index in [1.165, 1.54) is 32.2 Å². The van der Waals surface area contributed by atoms with Crippen molar-refractivity contribution >= 4 is 0 Å². The molecule has 2 heterocycles. The van der Waals surface area contributed by atoms with E-state index in [0.29, 0.717) is 6.04 Å². The highest BCUT2D eigenvalue weighted by molar-refractivity contribution is 4.76. The highest BCUT2D eigenvalue weighted by Crippen LogP contribution is 2.19. The van der Waals surface area contributed by atoms with Crippen molar-refractivity contribution in [3.63, 3.8) is 0 Å². The summed E-state index contributed by atoms with van der Waals surface area (Å²) in [5, 5.41) is 3.71. The van der Waals surface area contributed by atoms with Crippen LogP contribution in [0.3, 0.4) is 0 Å². The van der Waals surface area contributed by atoms with E-state index in [4.69, 9.17) is 9.47 Å². The molecule has 2 saturated heterocycles. The second-order valence-electron chi connectivity index (χ2n) is 5.20. The van der Waals surface area contributed by atoms with E-state index < -0.39 is 0 Å². The molecule has 2 aliphatic rings. The van der Waals surface area contributed by atoms with Gasteiger partial charge in [-0.15, -0.1) is 0 Å². The molecule has 3 heteroatoms. The molecule has 0 bridgehead atoms. The van der Waals surface area contributed by atoms with Gasteiger partial charge < -0.3 is 14.8 Å². The van der Waals surface area contributed by atoms with E-state index in [1.807, 2.05) is 0 Å². The Kier molecular flexibility index (Phi) is 5.07. The van der Waals surface area contributed by atoms with Crippen molar-refractivity contribution in [1.29, 1.82) is 0 Å². The van der Waals surface area contributed by atoms with Crippen LogP contribution in [0.2, 0.25) is 0 Å². The molecule has 0 saturated carbocycles. The molecule has 0 aromatic carbocycles. The minimum absolute atomic E-state index is 0.645. The van der Waals surface area contributed by atoms with Crippen LogP contribution < -0.4 is 5.32 Å². The second-order valence-corrected chi connectivity index (χ2v) is 5.20. The Morgan fingerprint density at radius 2 is 1.56 bits per heavy atom. The van der Waals surface area contributed by atoms with Crippen LogP contribution in [0.4, 0.5) is 0 Å². The molecule has 0 radical (unpaired) electrons. The molecule has 1 N–H and O–H groups in total. The van der Waals surface area contributed by atoms with Gasteiger partial charge in [-0.3, -0.25) is 0 Å². The zero-order valence-corrected chi connectivity index (χ0v) is 10.4. The molecule has 3 nitrogen and oxygen atoms in total. The Balaban J connectivity index is 1.63. The van der Waals surface area contributed by atoms with Crippen molar-refractivity contribution in [2.75, 3.05) is 33.0 Å². The molecular formula is C13H25NO2. The maximum absolute atomic E-state index is 5.40. The molecule has 0 spiro atoms. The third-order valence-electron chi connectivity index (χ3n) is 4.04. The van der Waals surface area contributed by atoms with Crippen LogP contribution >= 0.6 is 0 Å². The lowest BCUT2D eigenvalue weighted by Gasteiger charge is -2.30. The lowest BCUT2D eigenvalue weighted by Crippen LogP contribution is -2.40. The van der Waals surface area contributed by atoms with Crippen LogP contribution in [0.25, 0.3) is 0 Å². The first kappa shape index (κ1) is 12.3. The van der Waals surface area contributed by atoms with Crippen molar-refractivity contribution in [3.05, 3.63) is 0 Å². The van der Waals surface area contributed by atoms with Crippen molar-refractivity contribution in [2.24, 2.45) is 11.8 Å². The van der Waals surface area contributed by atoms with Gasteiger partial charge in [-0.05, 0) is 51.0 Å². The van der Waals surface area contributed by atoms with Crippen molar-refractivity contribution < 1.29 is 9.47 Å². The maximum atomic E-state index is 5.40. The van der Waals surface area contributed by atoms with Gasteiger partial charge in [0.2, 0.25) is 0 Å². The van der Waals surface area contributed by atoms with Crippen molar-refractivity contribution in [3.8, 4) is 0 Å². The van der Waals surface area contributed by atoms with E-state index in [0.717, 1.165) is 38.3 Å². The molecule has 1 unspecified atom stereocenters. The second kappa shape index (κ2) is 6.58. The fraction of sp³-hybridized carbons (Fsp3) is 1.00.